The quantitative estimate of drug-likeness (QED) is 0.733. The summed E-state index contributed by atoms with van der Waals surface area (Å²) in [6.07, 6.45) is 6.76. The number of nitrogens with zero attached hydrogens (tertiary/aromatic N) is 4. The molecule has 2 aromatic heterocycles. The molecule has 0 saturated heterocycles. The minimum Gasteiger partial charge on any atom is -0.383 e. The van der Waals surface area contributed by atoms with Gasteiger partial charge in [-0.25, -0.2) is 14.6 Å². The van der Waals surface area contributed by atoms with E-state index in [1.54, 1.807) is 16.8 Å². The van der Waals surface area contributed by atoms with Gasteiger partial charge in [-0.3, -0.25) is 0 Å². The molecule has 98 valence electrons. The van der Waals surface area contributed by atoms with Crippen LogP contribution < -0.4 is 5.73 Å². The summed E-state index contributed by atoms with van der Waals surface area (Å²) in [6, 6.07) is 7.33. The standard InChI is InChI=1S/C14H10ClN5/c1-2-7-20-14-11(13(16)17-8-18-14)12(19-20)9-3-5-10(15)6-4-9/h1,3-6,8H,7H2,(H2,16,17,18). The fourth-order valence-corrected chi connectivity index (χ4v) is 2.16. The van der Waals surface area contributed by atoms with Crippen molar-refractivity contribution in [2.75, 3.05) is 5.73 Å². The van der Waals surface area contributed by atoms with Crippen molar-refractivity contribution in [1.82, 2.24) is 19.7 Å². The SMILES string of the molecule is C#CCn1nc(-c2ccc(Cl)cc2)c2c(N)ncnc21. The molecule has 0 spiro atoms. The largest absolute Gasteiger partial charge is 0.383 e. The maximum atomic E-state index is 5.95. The van der Waals surface area contributed by atoms with Crippen LogP contribution in [-0.2, 0) is 6.54 Å². The number of fused-ring (bicyclic) bond motifs is 1. The lowest BCUT2D eigenvalue weighted by molar-refractivity contribution is 0.736. The maximum Gasteiger partial charge on any atom is 0.164 e. The van der Waals surface area contributed by atoms with Gasteiger partial charge in [-0.1, -0.05) is 29.7 Å². The van der Waals surface area contributed by atoms with Crippen molar-refractivity contribution in [2.24, 2.45) is 0 Å². The van der Waals surface area contributed by atoms with E-state index in [9.17, 15) is 0 Å². The lowest BCUT2D eigenvalue weighted by atomic mass is 10.1. The van der Waals surface area contributed by atoms with Crippen LogP contribution >= 0.6 is 11.6 Å². The van der Waals surface area contributed by atoms with Gasteiger partial charge in [0.1, 0.15) is 24.4 Å². The number of nitrogens with two attached hydrogens (primary N) is 1. The second kappa shape index (κ2) is 4.83. The minimum absolute atomic E-state index is 0.320. The van der Waals surface area contributed by atoms with Crippen molar-refractivity contribution in [3.8, 4) is 23.6 Å². The highest BCUT2D eigenvalue weighted by atomic mass is 35.5. The fourth-order valence-electron chi connectivity index (χ4n) is 2.04. The molecule has 0 bridgehead atoms. The van der Waals surface area contributed by atoms with E-state index in [0.717, 1.165) is 5.56 Å². The van der Waals surface area contributed by atoms with Gasteiger partial charge in [0.05, 0.1) is 5.39 Å². The third kappa shape index (κ3) is 1.96. The van der Waals surface area contributed by atoms with E-state index in [1.807, 2.05) is 12.1 Å². The van der Waals surface area contributed by atoms with E-state index in [1.165, 1.54) is 6.33 Å². The second-order valence-electron chi connectivity index (χ2n) is 4.17. The van der Waals surface area contributed by atoms with Gasteiger partial charge in [0.25, 0.3) is 0 Å². The number of benzene rings is 1. The first-order valence-electron chi connectivity index (χ1n) is 5.87. The lowest BCUT2D eigenvalue weighted by Crippen LogP contribution is -1.99. The Morgan fingerprint density at radius 3 is 2.70 bits per heavy atom. The van der Waals surface area contributed by atoms with Gasteiger partial charge < -0.3 is 5.73 Å². The molecule has 0 unspecified atom stereocenters. The van der Waals surface area contributed by atoms with Gasteiger partial charge in [-0.05, 0) is 12.1 Å². The zero-order valence-corrected chi connectivity index (χ0v) is 11.2. The zero-order valence-electron chi connectivity index (χ0n) is 10.4. The predicted octanol–water partition coefficient (Wildman–Crippen LogP) is 2.36. The summed E-state index contributed by atoms with van der Waals surface area (Å²) in [5.41, 5.74) is 8.16. The molecule has 1 aromatic carbocycles. The number of halogens is 1. The predicted molar refractivity (Wildman–Crippen MR) is 79.0 cm³/mol. The molecular weight excluding hydrogens is 274 g/mol. The summed E-state index contributed by atoms with van der Waals surface area (Å²) in [5.74, 6) is 2.93. The zero-order chi connectivity index (χ0) is 14.1. The summed E-state index contributed by atoms with van der Waals surface area (Å²) in [6.45, 7) is 0.320. The van der Waals surface area contributed by atoms with Crippen LogP contribution in [0.25, 0.3) is 22.3 Å². The highest BCUT2D eigenvalue weighted by molar-refractivity contribution is 6.30. The Balaban J connectivity index is 2.30. The molecule has 3 aromatic rings. The van der Waals surface area contributed by atoms with Crippen LogP contribution in [0.1, 0.15) is 0 Å². The smallest absolute Gasteiger partial charge is 0.164 e. The minimum atomic E-state index is 0.320. The average molecular weight is 284 g/mol. The Bertz CT molecular complexity index is 814. The van der Waals surface area contributed by atoms with Crippen molar-refractivity contribution < 1.29 is 0 Å². The first kappa shape index (κ1) is 12.5. The lowest BCUT2D eigenvalue weighted by Gasteiger charge is -1.99. The molecule has 0 aliphatic carbocycles. The molecule has 0 aliphatic rings. The number of hydrogen-bond acceptors (Lipinski definition) is 4. The van der Waals surface area contributed by atoms with Crippen LogP contribution in [-0.4, -0.2) is 19.7 Å². The molecule has 0 radical (unpaired) electrons. The Hall–Kier alpha value is -2.58. The third-order valence-corrected chi connectivity index (χ3v) is 3.17. The molecule has 0 atom stereocenters. The summed E-state index contributed by atoms with van der Waals surface area (Å²) in [7, 11) is 0. The first-order valence-corrected chi connectivity index (χ1v) is 6.25. The van der Waals surface area contributed by atoms with E-state index in [-0.39, 0.29) is 0 Å². The fraction of sp³-hybridized carbons (Fsp3) is 0.0714. The van der Waals surface area contributed by atoms with Crippen molar-refractivity contribution in [1.29, 1.82) is 0 Å². The van der Waals surface area contributed by atoms with Gasteiger partial charge in [-0.15, -0.1) is 6.42 Å². The Labute approximate surface area is 120 Å². The molecule has 0 fully saturated rings. The van der Waals surface area contributed by atoms with Crippen LogP contribution in [0.15, 0.2) is 30.6 Å². The highest BCUT2D eigenvalue weighted by Gasteiger charge is 2.16. The van der Waals surface area contributed by atoms with Crippen LogP contribution in [0.3, 0.4) is 0 Å². The number of aromatic nitrogens is 4. The molecule has 5 nitrogen and oxygen atoms in total. The van der Waals surface area contributed by atoms with E-state index in [2.05, 4.69) is 21.0 Å². The molecule has 0 amide bonds. The van der Waals surface area contributed by atoms with Gasteiger partial charge in [0.15, 0.2) is 5.65 Å². The van der Waals surface area contributed by atoms with Crippen molar-refractivity contribution >= 4 is 28.5 Å². The molecule has 0 saturated carbocycles. The van der Waals surface area contributed by atoms with Crippen molar-refractivity contribution in [2.45, 2.75) is 6.54 Å². The third-order valence-electron chi connectivity index (χ3n) is 2.92. The first-order chi connectivity index (χ1) is 9.70. The normalized spacial score (nSPS) is 10.6. The summed E-state index contributed by atoms with van der Waals surface area (Å²) < 4.78 is 1.64. The van der Waals surface area contributed by atoms with Crippen molar-refractivity contribution in [3.63, 3.8) is 0 Å². The van der Waals surface area contributed by atoms with Crippen LogP contribution in [0.2, 0.25) is 5.02 Å². The molecule has 20 heavy (non-hydrogen) atoms. The number of terminal acetylenes is 1. The van der Waals surface area contributed by atoms with Gasteiger partial charge in [-0.2, -0.15) is 5.10 Å². The molecule has 3 rings (SSSR count). The van der Waals surface area contributed by atoms with Crippen molar-refractivity contribution in [3.05, 3.63) is 35.6 Å². The summed E-state index contributed by atoms with van der Waals surface area (Å²) in [5, 5.41) is 5.85. The number of nitrogen functional groups attached to an aromatic ring is 1. The molecule has 6 heteroatoms. The number of rotatable bonds is 2. The second-order valence-corrected chi connectivity index (χ2v) is 4.61. The topological polar surface area (TPSA) is 69.6 Å². The van der Waals surface area contributed by atoms with Crippen LogP contribution in [0, 0.1) is 12.3 Å². The molecule has 0 aliphatic heterocycles. The van der Waals surface area contributed by atoms with E-state index in [4.69, 9.17) is 23.8 Å². The molecule has 2 N–H and O–H groups in total. The Kier molecular flexibility index (Phi) is 3.01. The van der Waals surface area contributed by atoms with E-state index < -0.39 is 0 Å². The van der Waals surface area contributed by atoms with Gasteiger partial charge in [0.2, 0.25) is 0 Å². The van der Waals surface area contributed by atoms with Crippen LogP contribution in [0.5, 0.6) is 0 Å². The highest BCUT2D eigenvalue weighted by Crippen LogP contribution is 2.30. The summed E-state index contributed by atoms with van der Waals surface area (Å²) >= 11 is 5.90. The number of hydrogen-bond donors (Lipinski definition) is 1. The molecule has 2 heterocycles. The average Bonchev–Trinajstić information content (AvgIpc) is 2.81. The Morgan fingerprint density at radius 1 is 1.25 bits per heavy atom. The van der Waals surface area contributed by atoms with E-state index >= 15 is 0 Å². The van der Waals surface area contributed by atoms with Gasteiger partial charge in [0, 0.05) is 10.6 Å². The number of anilines is 1. The molecular formula is C14H10ClN5. The summed E-state index contributed by atoms with van der Waals surface area (Å²) in [4.78, 5) is 8.23. The van der Waals surface area contributed by atoms with E-state index in [0.29, 0.717) is 34.1 Å². The Morgan fingerprint density at radius 2 is 2.00 bits per heavy atom. The monoisotopic (exact) mass is 283 g/mol. The maximum absolute atomic E-state index is 5.95. The van der Waals surface area contributed by atoms with Gasteiger partial charge >= 0.3 is 0 Å². The van der Waals surface area contributed by atoms with Crippen LogP contribution in [0.4, 0.5) is 5.82 Å².